The van der Waals surface area contributed by atoms with Crippen molar-refractivity contribution in [1.82, 2.24) is 0 Å². The molecule has 14 heteroatoms. The van der Waals surface area contributed by atoms with Crippen molar-refractivity contribution in [2.24, 2.45) is 23.7 Å². The number of alkyl halides is 3. The van der Waals surface area contributed by atoms with Crippen molar-refractivity contribution in [2.75, 3.05) is 9.80 Å². The zero-order chi connectivity index (χ0) is 38.3. The summed E-state index contributed by atoms with van der Waals surface area (Å²) in [6, 6.07) is 22.6. The summed E-state index contributed by atoms with van der Waals surface area (Å²) in [6.07, 6.45) is -3.58. The molecule has 4 aromatic carbocycles. The maximum Gasteiger partial charge on any atom is 0.573 e. The number of halogens is 4. The highest BCUT2D eigenvalue weighted by atomic mass is 35.5. The zero-order valence-electron chi connectivity index (χ0n) is 27.9. The number of ether oxygens (including phenoxy) is 1. The van der Waals surface area contributed by atoms with Crippen LogP contribution in [0.1, 0.15) is 40.2 Å². The summed E-state index contributed by atoms with van der Waals surface area (Å²) in [4.78, 5) is 72.3. The van der Waals surface area contributed by atoms with E-state index in [-0.39, 0.29) is 40.4 Å². The molecule has 4 aromatic rings. The SMILES string of the molecule is O=C(O)c1cccc(N2C(=O)C3CC=C4C(CC5C(=O)N(c6cccc(Cl)c6)C(=O)C5(c5ccccc5)C4c4cc(OC(F)(F)F)ccc4O)C3C2=O)c1. The van der Waals surface area contributed by atoms with Gasteiger partial charge in [-0.05, 0) is 78.9 Å². The van der Waals surface area contributed by atoms with Gasteiger partial charge in [0.2, 0.25) is 23.6 Å². The highest BCUT2D eigenvalue weighted by Gasteiger charge is 2.70. The number of carbonyl (C=O) groups excluding carboxylic acids is 4. The number of allylic oxidation sites excluding steroid dienone is 2. The van der Waals surface area contributed by atoms with Crippen molar-refractivity contribution in [3.05, 3.63) is 130 Å². The van der Waals surface area contributed by atoms with Crippen LogP contribution in [-0.2, 0) is 24.6 Å². The number of aromatic carboxylic acids is 1. The monoisotopic (exact) mass is 756 g/mol. The van der Waals surface area contributed by atoms with E-state index in [0.717, 1.165) is 28.0 Å². The second kappa shape index (κ2) is 12.6. The molecule has 2 saturated heterocycles. The fraction of sp³-hybridized carbons (Fsp3) is 0.225. The van der Waals surface area contributed by atoms with Gasteiger partial charge in [0.25, 0.3) is 0 Å². The molecule has 8 rings (SSSR count). The van der Waals surface area contributed by atoms with Crippen molar-refractivity contribution < 1.29 is 52.1 Å². The summed E-state index contributed by atoms with van der Waals surface area (Å²) < 4.78 is 45.0. The number of phenolic OH excluding ortho intramolecular Hbond substituents is 1. The van der Waals surface area contributed by atoms with Crippen LogP contribution in [0.25, 0.3) is 0 Å². The fourth-order valence-corrected chi connectivity index (χ4v) is 9.27. The molecule has 10 nitrogen and oxygen atoms in total. The summed E-state index contributed by atoms with van der Waals surface area (Å²) in [5.74, 6) is -10.6. The molecule has 0 radical (unpaired) electrons. The molecule has 2 aliphatic carbocycles. The Balaban J connectivity index is 1.36. The summed E-state index contributed by atoms with van der Waals surface area (Å²) in [6.45, 7) is 0. The smallest absolute Gasteiger partial charge is 0.508 e. The third-order valence-electron chi connectivity index (χ3n) is 11.1. The number of hydrogen-bond acceptors (Lipinski definition) is 7. The number of carboxylic acid groups (broad SMARTS) is 1. The molecule has 4 aliphatic rings. The fourth-order valence-electron chi connectivity index (χ4n) is 9.08. The van der Waals surface area contributed by atoms with Crippen LogP contribution >= 0.6 is 11.6 Å². The first-order chi connectivity index (χ1) is 25.7. The van der Waals surface area contributed by atoms with Crippen LogP contribution in [0.15, 0.2) is 109 Å². The van der Waals surface area contributed by atoms with Gasteiger partial charge in [0, 0.05) is 16.5 Å². The molecule has 6 unspecified atom stereocenters. The molecular weight excluding hydrogens is 729 g/mol. The minimum Gasteiger partial charge on any atom is -0.508 e. The van der Waals surface area contributed by atoms with Crippen molar-refractivity contribution in [2.45, 2.75) is 30.5 Å². The highest BCUT2D eigenvalue weighted by Crippen LogP contribution is 2.65. The van der Waals surface area contributed by atoms with Gasteiger partial charge in [-0.3, -0.25) is 24.1 Å². The molecule has 54 heavy (non-hydrogen) atoms. The quantitative estimate of drug-likeness (QED) is 0.158. The molecular formula is C40H28ClF3N2O8. The number of phenols is 1. The van der Waals surface area contributed by atoms with Crippen molar-refractivity contribution in [3.63, 3.8) is 0 Å². The molecule has 3 fully saturated rings. The number of anilines is 2. The normalized spacial score (nSPS) is 26.3. The Morgan fingerprint density at radius 3 is 2.20 bits per heavy atom. The lowest BCUT2D eigenvalue weighted by Crippen LogP contribution is -2.53. The predicted molar refractivity (Wildman–Crippen MR) is 187 cm³/mol. The first kappa shape index (κ1) is 35.1. The Labute approximate surface area is 310 Å². The predicted octanol–water partition coefficient (Wildman–Crippen LogP) is 7.01. The van der Waals surface area contributed by atoms with Crippen LogP contribution in [0.4, 0.5) is 24.5 Å². The number of imide groups is 2. The Morgan fingerprint density at radius 1 is 0.815 bits per heavy atom. The van der Waals surface area contributed by atoms with Gasteiger partial charge in [-0.15, -0.1) is 13.2 Å². The maximum atomic E-state index is 15.3. The number of rotatable bonds is 6. The molecule has 2 heterocycles. The first-order valence-corrected chi connectivity index (χ1v) is 17.3. The summed E-state index contributed by atoms with van der Waals surface area (Å²) in [7, 11) is 0. The first-order valence-electron chi connectivity index (χ1n) is 16.9. The van der Waals surface area contributed by atoms with Gasteiger partial charge in [0.15, 0.2) is 0 Å². The van der Waals surface area contributed by atoms with Crippen molar-refractivity contribution in [3.8, 4) is 11.5 Å². The lowest BCUT2D eigenvalue weighted by atomic mass is 9.49. The Morgan fingerprint density at radius 2 is 1.52 bits per heavy atom. The third-order valence-corrected chi connectivity index (χ3v) is 11.3. The molecule has 2 aliphatic heterocycles. The Bertz CT molecular complexity index is 2310. The number of benzene rings is 4. The van der Waals surface area contributed by atoms with Crippen molar-refractivity contribution >= 4 is 52.6 Å². The van der Waals surface area contributed by atoms with E-state index in [0.29, 0.717) is 11.1 Å². The topological polar surface area (TPSA) is 142 Å². The standard InChI is InChI=1S/C40H28ClF3N2O8/c41-22-9-5-11-24(17-22)46-35(49)30-19-28-26(13-14-27-32(28)36(50)45(34(27)48)23-10-4-6-20(16-23)37(51)52)33(39(30,38(46)53)21-7-2-1-3-8-21)29-18-25(12-15-31(29)47)54-40(42,43)44/h1-13,15-18,27-28,30,32-33,47H,14,19H2,(H,51,52). The molecule has 0 spiro atoms. The van der Waals surface area contributed by atoms with Crippen LogP contribution in [-0.4, -0.2) is 46.2 Å². The minimum absolute atomic E-state index is 0.0259. The third kappa shape index (κ3) is 5.28. The lowest BCUT2D eigenvalue weighted by Gasteiger charge is -2.50. The van der Waals surface area contributed by atoms with Gasteiger partial charge >= 0.3 is 12.3 Å². The van der Waals surface area contributed by atoms with Gasteiger partial charge in [-0.1, -0.05) is 65.7 Å². The molecule has 2 N–H and O–H groups in total. The summed E-state index contributed by atoms with van der Waals surface area (Å²) in [5.41, 5.74) is -1.27. The van der Waals surface area contributed by atoms with Gasteiger partial charge < -0.3 is 14.9 Å². The molecule has 1 saturated carbocycles. The average molecular weight is 757 g/mol. The van der Waals surface area contributed by atoms with Gasteiger partial charge in [-0.2, -0.15) is 0 Å². The zero-order valence-corrected chi connectivity index (χ0v) is 28.6. The number of carbonyl (C=O) groups is 5. The van der Waals surface area contributed by atoms with Gasteiger partial charge in [-0.25, -0.2) is 9.69 Å². The van der Waals surface area contributed by atoms with Crippen LogP contribution in [0, 0.1) is 23.7 Å². The summed E-state index contributed by atoms with van der Waals surface area (Å²) >= 11 is 6.32. The highest BCUT2D eigenvalue weighted by molar-refractivity contribution is 6.32. The number of nitrogens with zero attached hydrogens (tertiary/aromatic N) is 2. The van der Waals surface area contributed by atoms with E-state index < -0.39 is 82.5 Å². The Kier molecular flexibility index (Phi) is 8.18. The lowest BCUT2D eigenvalue weighted by molar-refractivity contribution is -0.274. The van der Waals surface area contributed by atoms with Crippen LogP contribution in [0.3, 0.4) is 0 Å². The van der Waals surface area contributed by atoms with E-state index in [1.54, 1.807) is 48.5 Å². The van der Waals surface area contributed by atoms with E-state index >= 15 is 4.79 Å². The minimum atomic E-state index is -5.11. The number of hydrogen-bond donors (Lipinski definition) is 2. The van der Waals surface area contributed by atoms with Crippen LogP contribution in [0.2, 0.25) is 5.02 Å². The molecule has 6 atom stereocenters. The maximum absolute atomic E-state index is 15.3. The number of fused-ring (bicyclic) bond motifs is 4. The number of aromatic hydroxyl groups is 1. The van der Waals surface area contributed by atoms with E-state index in [9.17, 15) is 42.6 Å². The van der Waals surface area contributed by atoms with Crippen LogP contribution < -0.4 is 14.5 Å². The second-order valence-electron chi connectivity index (χ2n) is 13.7. The van der Waals surface area contributed by atoms with E-state index in [1.807, 2.05) is 0 Å². The van der Waals surface area contributed by atoms with E-state index in [1.165, 1.54) is 36.4 Å². The Hall–Kier alpha value is -5.95. The van der Waals surface area contributed by atoms with E-state index in [4.69, 9.17) is 11.6 Å². The number of carboxylic acids is 1. The number of amides is 4. The van der Waals surface area contributed by atoms with Crippen LogP contribution in [0.5, 0.6) is 11.5 Å². The summed E-state index contributed by atoms with van der Waals surface area (Å²) in [5, 5.41) is 21.3. The molecule has 274 valence electrons. The average Bonchev–Trinajstić information content (AvgIpc) is 3.53. The molecule has 0 bridgehead atoms. The second-order valence-corrected chi connectivity index (χ2v) is 14.2. The van der Waals surface area contributed by atoms with Gasteiger partial charge in [0.1, 0.15) is 11.5 Å². The molecule has 0 aromatic heterocycles. The van der Waals surface area contributed by atoms with Crippen molar-refractivity contribution in [1.29, 1.82) is 0 Å². The van der Waals surface area contributed by atoms with Gasteiger partial charge in [0.05, 0.1) is 40.1 Å². The van der Waals surface area contributed by atoms with E-state index in [2.05, 4.69) is 4.74 Å². The molecule has 4 amide bonds. The largest absolute Gasteiger partial charge is 0.573 e.